The zero-order valence-electron chi connectivity index (χ0n) is 59.2. The van der Waals surface area contributed by atoms with Gasteiger partial charge in [0.1, 0.15) is 23.8 Å². The van der Waals surface area contributed by atoms with Crippen LogP contribution >= 0.6 is 0 Å². The molecule has 21 heteroatoms. The van der Waals surface area contributed by atoms with Gasteiger partial charge < -0.3 is 30.2 Å². The first-order valence-corrected chi connectivity index (χ1v) is 36.7. The molecule has 3 N–H and O–H groups in total. The van der Waals surface area contributed by atoms with Crippen molar-refractivity contribution in [2.24, 2.45) is 35.5 Å². The summed E-state index contributed by atoms with van der Waals surface area (Å²) in [5.74, 6) is 2.39. The van der Waals surface area contributed by atoms with E-state index in [-0.39, 0.29) is 71.6 Å². The number of hydrogen-bond donors (Lipinski definition) is 3. The van der Waals surface area contributed by atoms with E-state index in [1.807, 2.05) is 87.6 Å². The lowest BCUT2D eigenvalue weighted by Gasteiger charge is -2.43. The average Bonchev–Trinajstić information content (AvgIpc) is 0.781. The standard InChI is InChI=1S/3C28H29FN4O2/c1-2-35-28(34)33-23-9-10-24-20(13-23)14-27-26(16-30-17-32-27)25(24)11-8-22-7-6-19(15-31-22)18-4-3-5-21(29)12-18;1-2-35-28(34)33-23-9-10-24-20(15-23)16-26-27(31-13-12-30-26)25(24)11-8-22-7-6-19(17-32-22)18-4-3-5-21(29)14-18;1-2-35-28(34)32-23-9-10-24-20(15-23)16-27-26(12-13-31-33-27)25(24)11-8-22-7-6-19(17-30-22)18-4-3-5-21(29)14-18/h3-8,11-12,15-17,20,23-25H,2,9-10,13-14H2,1H3,(H,33,34);3-8,11-14,17,20,23-25H,2,9-10,15-16H2,1H3,(H,33,34);3-8,11-14,17,20,23-25H,2,9-10,15-16H2,1H3,(H,32,34)/b3*11-8+/t3*20-,23+,24+,25-/m000/s1. The van der Waals surface area contributed by atoms with Crippen LogP contribution < -0.4 is 16.0 Å². The van der Waals surface area contributed by atoms with Crippen molar-refractivity contribution in [1.29, 1.82) is 0 Å². The second-order valence-electron chi connectivity index (χ2n) is 27.9. The number of nitrogens with zero attached hydrogens (tertiary/aromatic N) is 9. The van der Waals surface area contributed by atoms with Gasteiger partial charge in [-0.1, -0.05) is 72.8 Å². The van der Waals surface area contributed by atoms with Gasteiger partial charge in [-0.05, 0) is 240 Å². The van der Waals surface area contributed by atoms with Crippen molar-refractivity contribution in [2.45, 2.75) is 134 Å². The van der Waals surface area contributed by atoms with Gasteiger partial charge in [-0.15, -0.1) is 0 Å². The maximum atomic E-state index is 13.6. The molecule has 0 saturated heterocycles. The number of pyridine rings is 3. The van der Waals surface area contributed by atoms with Crippen molar-refractivity contribution in [3.63, 3.8) is 0 Å². The van der Waals surface area contributed by atoms with Crippen LogP contribution in [0, 0.1) is 53.0 Å². The van der Waals surface area contributed by atoms with Gasteiger partial charge in [0.25, 0.3) is 0 Å². The van der Waals surface area contributed by atoms with Crippen molar-refractivity contribution in [3.05, 3.63) is 252 Å². The molecule has 12 atom stereocenters. The summed E-state index contributed by atoms with van der Waals surface area (Å²) in [4.78, 5) is 67.8. The van der Waals surface area contributed by atoms with Gasteiger partial charge in [-0.2, -0.15) is 10.2 Å². The Kier molecular flexibility index (Phi) is 23.9. The quantitative estimate of drug-likeness (QED) is 0.0810. The number of allylic oxidation sites excluding steroid dienone is 3. The smallest absolute Gasteiger partial charge is 0.407 e. The minimum absolute atomic E-state index is 0.121. The Balaban J connectivity index is 0.000000140. The highest BCUT2D eigenvalue weighted by Crippen LogP contribution is 2.50. The Morgan fingerprint density at radius 1 is 0.429 bits per heavy atom. The lowest BCUT2D eigenvalue weighted by molar-refractivity contribution is 0.127. The van der Waals surface area contributed by atoms with Crippen molar-refractivity contribution in [3.8, 4) is 33.4 Å². The molecule has 0 spiro atoms. The summed E-state index contributed by atoms with van der Waals surface area (Å²) in [5.41, 5.74) is 14.2. The molecule has 3 saturated carbocycles. The average molecular weight is 1420 g/mol. The molecule has 9 aromatic rings. The van der Waals surface area contributed by atoms with E-state index in [1.54, 1.807) is 61.7 Å². The molecule has 0 unspecified atom stereocenters. The number of benzene rings is 3. The third-order valence-electron chi connectivity index (χ3n) is 21.4. The molecule has 3 fully saturated rings. The molecule has 0 bridgehead atoms. The van der Waals surface area contributed by atoms with Crippen LogP contribution in [0.4, 0.5) is 27.6 Å². The number of hydrogen-bond acceptors (Lipinski definition) is 15. The Morgan fingerprint density at radius 3 is 1.29 bits per heavy atom. The van der Waals surface area contributed by atoms with Crippen molar-refractivity contribution < 1.29 is 41.8 Å². The highest BCUT2D eigenvalue weighted by molar-refractivity contribution is 5.69. The zero-order chi connectivity index (χ0) is 72.6. The molecule has 15 rings (SSSR count). The summed E-state index contributed by atoms with van der Waals surface area (Å²) in [6, 6.07) is 33.8. The molecule has 6 aliphatic carbocycles. The maximum Gasteiger partial charge on any atom is 0.407 e. The molecule has 0 aliphatic heterocycles. The number of rotatable bonds is 15. The topological polar surface area (TPSA) is 231 Å². The Morgan fingerprint density at radius 2 is 0.848 bits per heavy atom. The van der Waals surface area contributed by atoms with Crippen LogP contribution in [0.3, 0.4) is 0 Å². The van der Waals surface area contributed by atoms with E-state index in [2.05, 4.69) is 92.5 Å². The molecule has 6 aliphatic rings. The summed E-state index contributed by atoms with van der Waals surface area (Å²) in [6.07, 6.45) is 37.2. The number of carbonyl (C=O) groups is 3. The monoisotopic (exact) mass is 1420 g/mol. The molecule has 3 amide bonds. The van der Waals surface area contributed by atoms with Crippen molar-refractivity contribution >= 4 is 36.5 Å². The van der Waals surface area contributed by atoms with Crippen LogP contribution in [0.5, 0.6) is 0 Å². The first kappa shape index (κ1) is 72.5. The highest BCUT2D eigenvalue weighted by atomic mass is 19.1. The van der Waals surface area contributed by atoms with Crippen LogP contribution in [-0.2, 0) is 33.5 Å². The highest BCUT2D eigenvalue weighted by Gasteiger charge is 2.44. The second-order valence-corrected chi connectivity index (χ2v) is 27.9. The minimum atomic E-state index is -0.337. The predicted octanol–water partition coefficient (Wildman–Crippen LogP) is 16.7. The van der Waals surface area contributed by atoms with Gasteiger partial charge in [0.2, 0.25) is 0 Å². The molecule has 18 nitrogen and oxygen atoms in total. The van der Waals surface area contributed by atoms with E-state index in [1.165, 1.54) is 47.5 Å². The normalized spacial score (nSPS) is 23.4. The predicted molar refractivity (Wildman–Crippen MR) is 396 cm³/mol. The van der Waals surface area contributed by atoms with E-state index < -0.39 is 0 Å². The van der Waals surface area contributed by atoms with E-state index in [4.69, 9.17) is 19.2 Å². The largest absolute Gasteiger partial charge is 0.450 e. The molecule has 6 aromatic heterocycles. The van der Waals surface area contributed by atoms with E-state index in [0.717, 1.165) is 150 Å². The van der Waals surface area contributed by atoms with Crippen LogP contribution in [0.15, 0.2) is 183 Å². The third-order valence-corrected chi connectivity index (χ3v) is 21.4. The number of alkyl carbamates (subject to hydrolysis) is 3. The van der Waals surface area contributed by atoms with Crippen LogP contribution in [0.1, 0.15) is 147 Å². The molecule has 3 aromatic carbocycles. The molecule has 540 valence electrons. The van der Waals surface area contributed by atoms with Gasteiger partial charge in [0.15, 0.2) is 0 Å². The number of carbonyl (C=O) groups excluding carboxylic acids is 3. The molecule has 6 heterocycles. The fourth-order valence-electron chi connectivity index (χ4n) is 16.6. The Labute approximate surface area is 610 Å². The number of halogens is 3. The second kappa shape index (κ2) is 34.6. The van der Waals surface area contributed by atoms with Gasteiger partial charge >= 0.3 is 18.3 Å². The maximum absolute atomic E-state index is 13.6. The van der Waals surface area contributed by atoms with Gasteiger partial charge in [-0.25, -0.2) is 37.5 Å². The lowest BCUT2D eigenvalue weighted by Crippen LogP contribution is -2.44. The van der Waals surface area contributed by atoms with Crippen LogP contribution in [-0.4, -0.2) is 101 Å². The SMILES string of the molecule is CCOC(=O)N[C@@H]1CC[C@@H]2[C@H](Cc3nccnc3[C@H]2/C=C/c2ccc(-c3cccc(F)c3)cn2)C1.CCOC(=O)N[C@@H]1CC[C@@H]2[C@H](Cc3ncncc3[C@H]2/C=C/c2ccc(-c3cccc(F)c3)cn2)C1.CCOC(=O)N[C@@H]1CC[C@@H]2[C@H](Cc3nnccc3[C@H]2/C=C/c2ccc(-c3cccc(F)c3)cn2)C1. The molecule has 105 heavy (non-hydrogen) atoms. The zero-order valence-corrected chi connectivity index (χ0v) is 59.2. The Hall–Kier alpha value is -10.8. The third kappa shape index (κ3) is 18.4. The summed E-state index contributed by atoms with van der Waals surface area (Å²) < 4.78 is 55.9. The first-order chi connectivity index (χ1) is 51.3. The van der Waals surface area contributed by atoms with Crippen molar-refractivity contribution in [2.75, 3.05) is 19.8 Å². The summed E-state index contributed by atoms with van der Waals surface area (Å²) in [5, 5.41) is 17.6. The van der Waals surface area contributed by atoms with E-state index >= 15 is 0 Å². The summed E-state index contributed by atoms with van der Waals surface area (Å²) in [6.45, 7) is 6.56. The molecular weight excluding hydrogens is 1330 g/mol. The fourth-order valence-corrected chi connectivity index (χ4v) is 16.6. The van der Waals surface area contributed by atoms with Gasteiger partial charge in [0.05, 0.1) is 54.0 Å². The number of aromatic nitrogens is 9. The van der Waals surface area contributed by atoms with Crippen molar-refractivity contribution in [1.82, 2.24) is 61.0 Å². The Bertz CT molecular complexity index is 4090. The number of fused-ring (bicyclic) bond motifs is 6. The summed E-state index contributed by atoms with van der Waals surface area (Å²) in [7, 11) is 0. The number of nitrogens with one attached hydrogen (secondary N) is 3. The molecule has 0 radical (unpaired) electrons. The fraction of sp³-hybridized carbons (Fsp3) is 0.357. The summed E-state index contributed by atoms with van der Waals surface area (Å²) >= 11 is 0. The molecular formula is C84H87F3N12O6. The number of ether oxygens (including phenoxy) is 3. The van der Waals surface area contributed by atoms with Gasteiger partial charge in [-0.3, -0.25) is 24.9 Å². The number of amides is 3. The van der Waals surface area contributed by atoms with Gasteiger partial charge in [0, 0.05) is 102 Å². The van der Waals surface area contributed by atoms with Crippen LogP contribution in [0.25, 0.3) is 51.6 Å². The van der Waals surface area contributed by atoms with E-state index in [0.29, 0.717) is 55.3 Å². The minimum Gasteiger partial charge on any atom is -0.450 e. The first-order valence-electron chi connectivity index (χ1n) is 36.7. The van der Waals surface area contributed by atoms with E-state index in [9.17, 15) is 27.6 Å². The van der Waals surface area contributed by atoms with Crippen LogP contribution in [0.2, 0.25) is 0 Å². The lowest BCUT2D eigenvalue weighted by atomic mass is 9.63.